The summed E-state index contributed by atoms with van der Waals surface area (Å²) in [5, 5.41) is 12.8. The van der Waals surface area contributed by atoms with Gasteiger partial charge in [0.2, 0.25) is 0 Å². The molecule has 1 aromatic heterocycles. The molecular weight excluding hydrogens is 298 g/mol. The first-order valence-electron chi connectivity index (χ1n) is 6.17. The van der Waals surface area contributed by atoms with Crippen LogP contribution in [0, 0.1) is 0 Å². The Morgan fingerprint density at radius 1 is 1.38 bits per heavy atom. The molecule has 0 saturated heterocycles. The van der Waals surface area contributed by atoms with E-state index in [2.05, 4.69) is 5.16 Å². The molecule has 112 valence electrons. The average Bonchev–Trinajstić information content (AvgIpc) is 2.89. The van der Waals surface area contributed by atoms with Gasteiger partial charge >= 0.3 is 5.97 Å². The molecular formula is C14H14ClNO5. The molecule has 0 aliphatic carbocycles. The minimum absolute atomic E-state index is 0.110. The van der Waals surface area contributed by atoms with Crippen molar-refractivity contribution >= 4 is 17.6 Å². The van der Waals surface area contributed by atoms with Crippen molar-refractivity contribution in [1.82, 2.24) is 5.16 Å². The molecule has 21 heavy (non-hydrogen) atoms. The summed E-state index contributed by atoms with van der Waals surface area (Å²) in [7, 11) is 1.49. The van der Waals surface area contributed by atoms with Gasteiger partial charge in [-0.3, -0.25) is 0 Å². The predicted molar refractivity (Wildman–Crippen MR) is 76.2 cm³/mol. The normalized spacial score (nSPS) is 10.7. The van der Waals surface area contributed by atoms with Crippen LogP contribution in [0.4, 0.5) is 0 Å². The van der Waals surface area contributed by atoms with Crippen LogP contribution >= 0.6 is 11.6 Å². The zero-order valence-electron chi connectivity index (χ0n) is 11.7. The molecule has 0 aliphatic heterocycles. The third kappa shape index (κ3) is 3.28. The van der Waals surface area contributed by atoms with Crippen LogP contribution in [0.3, 0.4) is 0 Å². The van der Waals surface area contributed by atoms with E-state index in [-0.39, 0.29) is 17.6 Å². The SMILES string of the molecule is COc1cc(Cl)cc(-c2cc(C(=O)O)no2)c1OC(C)C. The van der Waals surface area contributed by atoms with Crippen LogP contribution in [0.15, 0.2) is 22.7 Å². The van der Waals surface area contributed by atoms with Gasteiger partial charge in [-0.1, -0.05) is 16.8 Å². The lowest BCUT2D eigenvalue weighted by molar-refractivity contribution is 0.0686. The summed E-state index contributed by atoms with van der Waals surface area (Å²) in [4.78, 5) is 10.9. The molecule has 0 aliphatic rings. The number of methoxy groups -OCH3 is 1. The van der Waals surface area contributed by atoms with Crippen LogP contribution < -0.4 is 9.47 Å². The summed E-state index contributed by atoms with van der Waals surface area (Å²) in [5.74, 6) is -0.0846. The Hall–Kier alpha value is -2.21. The highest BCUT2D eigenvalue weighted by Crippen LogP contribution is 2.41. The van der Waals surface area contributed by atoms with Gasteiger partial charge in [-0.2, -0.15) is 0 Å². The zero-order valence-corrected chi connectivity index (χ0v) is 12.5. The van der Waals surface area contributed by atoms with E-state index in [1.807, 2.05) is 13.8 Å². The Balaban J connectivity index is 2.58. The number of hydrogen-bond acceptors (Lipinski definition) is 5. The smallest absolute Gasteiger partial charge is 0.358 e. The van der Waals surface area contributed by atoms with Crippen LogP contribution in [0.2, 0.25) is 5.02 Å². The summed E-state index contributed by atoms with van der Waals surface area (Å²) < 4.78 is 16.0. The first kappa shape index (κ1) is 15.2. The summed E-state index contributed by atoms with van der Waals surface area (Å²) in [6.45, 7) is 3.72. The van der Waals surface area contributed by atoms with E-state index in [4.69, 9.17) is 30.7 Å². The van der Waals surface area contributed by atoms with E-state index in [0.717, 1.165) is 0 Å². The van der Waals surface area contributed by atoms with Crippen molar-refractivity contribution in [2.24, 2.45) is 0 Å². The highest BCUT2D eigenvalue weighted by atomic mass is 35.5. The Kier molecular flexibility index (Phi) is 4.37. The summed E-state index contributed by atoms with van der Waals surface area (Å²) in [6, 6.07) is 4.52. The second-order valence-electron chi connectivity index (χ2n) is 4.53. The number of halogens is 1. The molecule has 1 heterocycles. The van der Waals surface area contributed by atoms with Gasteiger partial charge in [-0.15, -0.1) is 0 Å². The number of nitrogens with zero attached hydrogens (tertiary/aromatic N) is 1. The molecule has 2 aromatic rings. The fraction of sp³-hybridized carbons (Fsp3) is 0.286. The molecule has 0 amide bonds. The van der Waals surface area contributed by atoms with E-state index >= 15 is 0 Å². The highest BCUT2D eigenvalue weighted by Gasteiger charge is 2.20. The van der Waals surface area contributed by atoms with Gasteiger partial charge in [0.05, 0.1) is 18.8 Å². The maximum atomic E-state index is 10.9. The second kappa shape index (κ2) is 6.05. The van der Waals surface area contributed by atoms with Gasteiger partial charge in [0, 0.05) is 17.2 Å². The van der Waals surface area contributed by atoms with Crippen LogP contribution in [-0.2, 0) is 0 Å². The number of aromatic nitrogens is 1. The van der Waals surface area contributed by atoms with Crippen LogP contribution in [-0.4, -0.2) is 29.4 Å². The van der Waals surface area contributed by atoms with Crippen LogP contribution in [0.25, 0.3) is 11.3 Å². The second-order valence-corrected chi connectivity index (χ2v) is 4.97. The zero-order chi connectivity index (χ0) is 15.6. The van der Waals surface area contributed by atoms with Gasteiger partial charge in [0.15, 0.2) is 23.0 Å². The maximum Gasteiger partial charge on any atom is 0.358 e. The summed E-state index contributed by atoms with van der Waals surface area (Å²) in [6.07, 6.45) is -0.110. The molecule has 7 heteroatoms. The number of carbonyl (C=O) groups is 1. The third-order valence-corrected chi connectivity index (χ3v) is 2.81. The molecule has 0 fully saturated rings. The molecule has 6 nitrogen and oxygen atoms in total. The first-order chi connectivity index (χ1) is 9.92. The van der Waals surface area contributed by atoms with Crippen molar-refractivity contribution in [2.75, 3.05) is 7.11 Å². The minimum Gasteiger partial charge on any atom is -0.493 e. The Labute approximate surface area is 126 Å². The molecule has 0 unspecified atom stereocenters. The highest BCUT2D eigenvalue weighted by molar-refractivity contribution is 6.31. The topological polar surface area (TPSA) is 81.8 Å². The average molecular weight is 312 g/mol. The molecule has 0 saturated carbocycles. The fourth-order valence-corrected chi connectivity index (χ4v) is 1.97. The van der Waals surface area contributed by atoms with E-state index in [9.17, 15) is 4.79 Å². The molecule has 0 atom stereocenters. The Morgan fingerprint density at radius 2 is 2.10 bits per heavy atom. The number of ether oxygens (including phenoxy) is 2. The molecule has 1 aromatic carbocycles. The fourth-order valence-electron chi connectivity index (χ4n) is 1.76. The Morgan fingerprint density at radius 3 is 2.62 bits per heavy atom. The van der Waals surface area contributed by atoms with Crippen molar-refractivity contribution in [1.29, 1.82) is 0 Å². The monoisotopic (exact) mass is 311 g/mol. The van der Waals surface area contributed by atoms with Crippen LogP contribution in [0.5, 0.6) is 11.5 Å². The lowest BCUT2D eigenvalue weighted by Gasteiger charge is -2.16. The predicted octanol–water partition coefficient (Wildman–Crippen LogP) is 3.49. The van der Waals surface area contributed by atoms with Gasteiger partial charge in [0.25, 0.3) is 0 Å². The number of aromatic carboxylic acids is 1. The van der Waals surface area contributed by atoms with Crippen molar-refractivity contribution in [3.8, 4) is 22.8 Å². The van der Waals surface area contributed by atoms with Crippen molar-refractivity contribution in [2.45, 2.75) is 20.0 Å². The van der Waals surface area contributed by atoms with Crippen molar-refractivity contribution < 1.29 is 23.9 Å². The molecule has 0 bridgehead atoms. The largest absolute Gasteiger partial charge is 0.493 e. The van der Waals surface area contributed by atoms with Crippen molar-refractivity contribution in [3.63, 3.8) is 0 Å². The van der Waals surface area contributed by atoms with Gasteiger partial charge in [0.1, 0.15) is 0 Å². The standard InChI is InChI=1S/C14H14ClNO5/c1-7(2)20-13-9(4-8(15)5-12(13)19-3)11-6-10(14(17)18)16-21-11/h4-7H,1-3H3,(H,17,18). The Bertz CT molecular complexity index is 665. The number of hydrogen-bond donors (Lipinski definition) is 1. The van der Waals surface area contributed by atoms with E-state index in [1.165, 1.54) is 13.2 Å². The molecule has 2 rings (SSSR count). The lowest BCUT2D eigenvalue weighted by atomic mass is 10.1. The summed E-state index contributed by atoms with van der Waals surface area (Å²) >= 11 is 6.04. The lowest BCUT2D eigenvalue weighted by Crippen LogP contribution is -2.07. The number of rotatable bonds is 5. The molecule has 1 N–H and O–H groups in total. The maximum absolute atomic E-state index is 10.9. The van der Waals surface area contributed by atoms with E-state index < -0.39 is 5.97 Å². The third-order valence-electron chi connectivity index (χ3n) is 2.59. The van der Waals surface area contributed by atoms with Crippen molar-refractivity contribution in [3.05, 3.63) is 28.9 Å². The quantitative estimate of drug-likeness (QED) is 0.910. The van der Waals surface area contributed by atoms with E-state index in [0.29, 0.717) is 22.1 Å². The number of benzene rings is 1. The summed E-state index contributed by atoms with van der Waals surface area (Å²) in [5.41, 5.74) is 0.285. The first-order valence-corrected chi connectivity index (χ1v) is 6.54. The number of carboxylic acid groups (broad SMARTS) is 1. The van der Waals surface area contributed by atoms with Crippen LogP contribution in [0.1, 0.15) is 24.3 Å². The molecule has 0 spiro atoms. The van der Waals surface area contributed by atoms with E-state index in [1.54, 1.807) is 12.1 Å². The molecule has 0 radical (unpaired) electrons. The number of carboxylic acids is 1. The minimum atomic E-state index is -1.18. The van der Waals surface area contributed by atoms with Gasteiger partial charge in [-0.05, 0) is 19.9 Å². The van der Waals surface area contributed by atoms with Gasteiger partial charge < -0.3 is 19.1 Å². The van der Waals surface area contributed by atoms with Gasteiger partial charge in [-0.25, -0.2) is 4.79 Å².